The van der Waals surface area contributed by atoms with Gasteiger partial charge in [-0.05, 0) is 6.92 Å². The molecule has 0 aliphatic heterocycles. The monoisotopic (exact) mass is 139 g/mol. The molecule has 0 aromatic heterocycles. The average molecular weight is 139 g/mol. The van der Waals surface area contributed by atoms with Crippen molar-refractivity contribution in [1.82, 2.24) is 5.32 Å². The standard InChI is InChI=1S/C5H11F2NO/c1-4(9)2-8-3-5(6)7/h4-5,8-9H,2-3H2,1H3. The first-order valence-corrected chi connectivity index (χ1v) is 2.80. The summed E-state index contributed by atoms with van der Waals surface area (Å²) in [6.07, 6.45) is -2.88. The third kappa shape index (κ3) is 7.78. The second kappa shape index (κ2) is 4.64. The van der Waals surface area contributed by atoms with Gasteiger partial charge in [0, 0.05) is 6.54 Å². The Morgan fingerprint density at radius 2 is 2.00 bits per heavy atom. The Balaban J connectivity index is 2.91. The minimum atomic E-state index is -2.33. The molecule has 0 aromatic rings. The second-order valence-electron chi connectivity index (χ2n) is 1.90. The van der Waals surface area contributed by atoms with E-state index in [1.807, 2.05) is 0 Å². The summed E-state index contributed by atoms with van der Waals surface area (Å²) in [5.41, 5.74) is 0. The number of aliphatic hydroxyl groups is 1. The van der Waals surface area contributed by atoms with Crippen molar-refractivity contribution < 1.29 is 13.9 Å². The van der Waals surface area contributed by atoms with Crippen molar-refractivity contribution in [3.8, 4) is 0 Å². The zero-order valence-corrected chi connectivity index (χ0v) is 5.27. The van der Waals surface area contributed by atoms with E-state index in [-0.39, 0.29) is 13.1 Å². The van der Waals surface area contributed by atoms with Gasteiger partial charge in [0.25, 0.3) is 6.43 Å². The molecule has 0 saturated heterocycles. The summed E-state index contributed by atoms with van der Waals surface area (Å²) in [7, 11) is 0. The summed E-state index contributed by atoms with van der Waals surface area (Å²) in [5.74, 6) is 0. The van der Waals surface area contributed by atoms with Gasteiger partial charge in [0.2, 0.25) is 0 Å². The zero-order chi connectivity index (χ0) is 7.28. The molecule has 56 valence electrons. The number of aliphatic hydroxyl groups excluding tert-OH is 1. The summed E-state index contributed by atoms with van der Waals surface area (Å²) in [4.78, 5) is 0. The fraction of sp³-hybridized carbons (Fsp3) is 1.00. The number of nitrogens with one attached hydrogen (secondary N) is 1. The molecule has 0 saturated carbocycles. The lowest BCUT2D eigenvalue weighted by Crippen LogP contribution is -2.28. The summed E-state index contributed by atoms with van der Waals surface area (Å²) in [5, 5.41) is 10.9. The summed E-state index contributed by atoms with van der Waals surface area (Å²) in [6.45, 7) is 1.42. The van der Waals surface area contributed by atoms with Crippen molar-refractivity contribution in [2.45, 2.75) is 19.5 Å². The van der Waals surface area contributed by atoms with Crippen LogP contribution in [0.4, 0.5) is 8.78 Å². The van der Waals surface area contributed by atoms with Gasteiger partial charge < -0.3 is 10.4 Å². The number of alkyl halides is 2. The van der Waals surface area contributed by atoms with Crippen molar-refractivity contribution in [2.75, 3.05) is 13.1 Å². The lowest BCUT2D eigenvalue weighted by atomic mass is 10.4. The highest BCUT2D eigenvalue weighted by atomic mass is 19.3. The van der Waals surface area contributed by atoms with E-state index in [1.54, 1.807) is 6.92 Å². The molecule has 0 bridgehead atoms. The van der Waals surface area contributed by atoms with E-state index in [0.29, 0.717) is 0 Å². The van der Waals surface area contributed by atoms with Crippen LogP contribution in [0.2, 0.25) is 0 Å². The Hall–Kier alpha value is -0.220. The van der Waals surface area contributed by atoms with Gasteiger partial charge in [-0.1, -0.05) is 0 Å². The van der Waals surface area contributed by atoms with Crippen LogP contribution >= 0.6 is 0 Å². The molecule has 0 rings (SSSR count). The fourth-order valence-electron chi connectivity index (χ4n) is 0.401. The van der Waals surface area contributed by atoms with Crippen LogP contribution in [-0.4, -0.2) is 30.7 Å². The van der Waals surface area contributed by atoms with E-state index >= 15 is 0 Å². The van der Waals surface area contributed by atoms with Crippen molar-refractivity contribution in [2.24, 2.45) is 0 Å². The maximum Gasteiger partial charge on any atom is 0.250 e. The number of hydrogen-bond donors (Lipinski definition) is 2. The minimum absolute atomic E-state index is 0.227. The second-order valence-corrected chi connectivity index (χ2v) is 1.90. The van der Waals surface area contributed by atoms with Crippen LogP contribution in [0.3, 0.4) is 0 Å². The van der Waals surface area contributed by atoms with E-state index in [0.717, 1.165) is 0 Å². The van der Waals surface area contributed by atoms with E-state index in [4.69, 9.17) is 5.11 Å². The third-order valence-electron chi connectivity index (χ3n) is 0.738. The molecule has 0 aliphatic rings. The van der Waals surface area contributed by atoms with Crippen LogP contribution in [0, 0.1) is 0 Å². The first-order chi connectivity index (χ1) is 4.13. The lowest BCUT2D eigenvalue weighted by Gasteiger charge is -2.04. The Kier molecular flexibility index (Phi) is 4.53. The van der Waals surface area contributed by atoms with Gasteiger partial charge in [0.1, 0.15) is 0 Å². The highest BCUT2D eigenvalue weighted by Crippen LogP contribution is 1.87. The maximum atomic E-state index is 11.3. The van der Waals surface area contributed by atoms with Gasteiger partial charge in [-0.25, -0.2) is 8.78 Å². The van der Waals surface area contributed by atoms with Crippen LogP contribution in [0.1, 0.15) is 6.92 Å². The average Bonchev–Trinajstić information content (AvgIpc) is 1.63. The lowest BCUT2D eigenvalue weighted by molar-refractivity contribution is 0.133. The Morgan fingerprint density at radius 3 is 2.33 bits per heavy atom. The minimum Gasteiger partial charge on any atom is -0.392 e. The molecular formula is C5H11F2NO. The van der Waals surface area contributed by atoms with E-state index in [1.165, 1.54) is 0 Å². The van der Waals surface area contributed by atoms with E-state index in [9.17, 15) is 8.78 Å². The van der Waals surface area contributed by atoms with Crippen molar-refractivity contribution in [1.29, 1.82) is 0 Å². The molecule has 1 unspecified atom stereocenters. The third-order valence-corrected chi connectivity index (χ3v) is 0.738. The highest BCUT2D eigenvalue weighted by Gasteiger charge is 2.01. The molecule has 2 N–H and O–H groups in total. The van der Waals surface area contributed by atoms with Gasteiger partial charge in [0.05, 0.1) is 12.6 Å². The molecule has 0 spiro atoms. The summed E-state index contributed by atoms with van der Waals surface area (Å²) in [6, 6.07) is 0. The first kappa shape index (κ1) is 8.78. The molecule has 0 aromatic carbocycles. The predicted molar refractivity (Wildman–Crippen MR) is 30.6 cm³/mol. The van der Waals surface area contributed by atoms with E-state index < -0.39 is 12.5 Å². The quantitative estimate of drug-likeness (QED) is 0.584. The molecule has 0 radical (unpaired) electrons. The molecular weight excluding hydrogens is 128 g/mol. The van der Waals surface area contributed by atoms with Gasteiger partial charge in [-0.15, -0.1) is 0 Å². The van der Waals surface area contributed by atoms with E-state index in [2.05, 4.69) is 5.32 Å². The Bertz CT molecular complexity index is 60.0. The number of hydrogen-bond acceptors (Lipinski definition) is 2. The largest absolute Gasteiger partial charge is 0.392 e. The van der Waals surface area contributed by atoms with Crippen LogP contribution < -0.4 is 5.32 Å². The Labute approximate surface area is 52.9 Å². The molecule has 0 amide bonds. The smallest absolute Gasteiger partial charge is 0.250 e. The number of rotatable bonds is 4. The van der Waals surface area contributed by atoms with Crippen molar-refractivity contribution >= 4 is 0 Å². The van der Waals surface area contributed by atoms with Gasteiger partial charge in [-0.2, -0.15) is 0 Å². The van der Waals surface area contributed by atoms with Crippen molar-refractivity contribution in [3.63, 3.8) is 0 Å². The maximum absolute atomic E-state index is 11.3. The molecule has 2 nitrogen and oxygen atoms in total. The predicted octanol–water partition coefficient (Wildman–Crippen LogP) is 0.222. The molecule has 4 heteroatoms. The molecule has 0 fully saturated rings. The van der Waals surface area contributed by atoms with Crippen LogP contribution in [-0.2, 0) is 0 Å². The molecule has 9 heavy (non-hydrogen) atoms. The SMILES string of the molecule is CC(O)CNCC(F)F. The van der Waals surface area contributed by atoms with Crippen LogP contribution in [0.25, 0.3) is 0 Å². The van der Waals surface area contributed by atoms with Gasteiger partial charge in [0.15, 0.2) is 0 Å². The normalized spacial score (nSPS) is 14.3. The Morgan fingerprint density at radius 1 is 1.44 bits per heavy atom. The fourth-order valence-corrected chi connectivity index (χ4v) is 0.401. The van der Waals surface area contributed by atoms with Gasteiger partial charge in [-0.3, -0.25) is 0 Å². The first-order valence-electron chi connectivity index (χ1n) is 2.80. The van der Waals surface area contributed by atoms with Gasteiger partial charge >= 0.3 is 0 Å². The zero-order valence-electron chi connectivity index (χ0n) is 5.27. The van der Waals surface area contributed by atoms with Crippen LogP contribution in [0.15, 0.2) is 0 Å². The molecule has 1 atom stereocenters. The topological polar surface area (TPSA) is 32.3 Å². The van der Waals surface area contributed by atoms with Crippen LogP contribution in [0.5, 0.6) is 0 Å². The molecule has 0 heterocycles. The molecule has 0 aliphatic carbocycles. The number of halogens is 2. The highest BCUT2D eigenvalue weighted by molar-refractivity contribution is 4.52. The summed E-state index contributed by atoms with van der Waals surface area (Å²) < 4.78 is 22.7. The summed E-state index contributed by atoms with van der Waals surface area (Å²) >= 11 is 0. The van der Waals surface area contributed by atoms with Crippen molar-refractivity contribution in [3.05, 3.63) is 0 Å².